The molecule has 2 aromatic rings. The van der Waals surface area contributed by atoms with Crippen molar-refractivity contribution in [3.8, 4) is 0 Å². The maximum absolute atomic E-state index is 11.7. The number of hydrogen-bond donors (Lipinski definition) is 2. The number of amides is 1. The minimum Gasteiger partial charge on any atom is -0.350 e. The van der Waals surface area contributed by atoms with Gasteiger partial charge in [-0.1, -0.05) is 5.21 Å². The summed E-state index contributed by atoms with van der Waals surface area (Å²) in [7, 11) is -3.41. The first-order chi connectivity index (χ1) is 9.92. The molecule has 2 heterocycles. The average molecular weight is 310 g/mol. The van der Waals surface area contributed by atoms with Crippen molar-refractivity contribution < 1.29 is 13.2 Å². The second-order valence-electron chi connectivity index (χ2n) is 4.31. The van der Waals surface area contributed by atoms with Crippen molar-refractivity contribution in [2.75, 3.05) is 11.0 Å². The molecule has 0 unspecified atom stereocenters. The zero-order valence-corrected chi connectivity index (χ0v) is 12.0. The van der Waals surface area contributed by atoms with Crippen LogP contribution in [0, 0.1) is 0 Å². The van der Waals surface area contributed by atoms with Gasteiger partial charge in [0.15, 0.2) is 5.82 Å². The molecule has 2 N–H and O–H groups in total. The normalized spacial score (nSPS) is 11.1. The Kier molecular flexibility index (Phi) is 4.48. The van der Waals surface area contributed by atoms with Crippen molar-refractivity contribution in [2.45, 2.75) is 13.1 Å². The number of anilines is 1. The van der Waals surface area contributed by atoms with Gasteiger partial charge in [0.05, 0.1) is 12.5 Å². The summed E-state index contributed by atoms with van der Waals surface area (Å²) >= 11 is 0. The van der Waals surface area contributed by atoms with Gasteiger partial charge in [-0.2, -0.15) is 0 Å². The Morgan fingerprint density at radius 1 is 1.33 bits per heavy atom. The third kappa shape index (κ3) is 5.18. The molecule has 0 atom stereocenters. The van der Waals surface area contributed by atoms with Crippen LogP contribution < -0.4 is 10.0 Å². The summed E-state index contributed by atoms with van der Waals surface area (Å²) < 4.78 is 25.5. The molecule has 10 heteroatoms. The molecule has 0 spiro atoms. The first kappa shape index (κ1) is 14.9. The summed E-state index contributed by atoms with van der Waals surface area (Å²) in [5, 5.41) is 9.98. The molecule has 21 heavy (non-hydrogen) atoms. The minimum atomic E-state index is -3.41. The Bertz CT molecular complexity index is 713. The summed E-state index contributed by atoms with van der Waals surface area (Å²) in [6.07, 6.45) is 5.63. The number of nitrogens with one attached hydrogen (secondary N) is 2. The van der Waals surface area contributed by atoms with Crippen LogP contribution in [-0.4, -0.2) is 40.6 Å². The average Bonchev–Trinajstić information content (AvgIpc) is 2.82. The zero-order valence-electron chi connectivity index (χ0n) is 11.2. The van der Waals surface area contributed by atoms with Crippen molar-refractivity contribution in [1.29, 1.82) is 0 Å². The second-order valence-corrected chi connectivity index (χ2v) is 6.06. The molecule has 0 bridgehead atoms. The van der Waals surface area contributed by atoms with Crippen LogP contribution in [0.4, 0.5) is 5.82 Å². The largest absolute Gasteiger partial charge is 0.350 e. The van der Waals surface area contributed by atoms with E-state index in [0.717, 1.165) is 11.8 Å². The lowest BCUT2D eigenvalue weighted by Crippen LogP contribution is -2.27. The van der Waals surface area contributed by atoms with E-state index in [2.05, 4.69) is 25.3 Å². The molecule has 0 saturated carbocycles. The number of hydrogen-bond acceptors (Lipinski definition) is 6. The number of carbonyl (C=O) groups excluding carboxylic acids is 1. The predicted molar refractivity (Wildman–Crippen MR) is 74.6 cm³/mol. The summed E-state index contributed by atoms with van der Waals surface area (Å²) in [6.45, 7) is 0.327. The highest BCUT2D eigenvalue weighted by Gasteiger charge is 2.08. The van der Waals surface area contributed by atoms with Crippen LogP contribution in [-0.2, 0) is 27.9 Å². The fourth-order valence-corrected chi connectivity index (χ4v) is 1.99. The van der Waals surface area contributed by atoms with E-state index in [9.17, 15) is 13.2 Å². The van der Waals surface area contributed by atoms with E-state index in [4.69, 9.17) is 0 Å². The second kappa shape index (κ2) is 6.31. The van der Waals surface area contributed by atoms with Gasteiger partial charge in [-0.15, -0.1) is 5.10 Å². The molecule has 9 nitrogen and oxygen atoms in total. The number of pyridine rings is 1. The van der Waals surface area contributed by atoms with Crippen LogP contribution in [0.5, 0.6) is 0 Å². The Morgan fingerprint density at radius 2 is 2.05 bits per heavy atom. The Morgan fingerprint density at radius 3 is 2.71 bits per heavy atom. The van der Waals surface area contributed by atoms with Gasteiger partial charge in [0, 0.05) is 18.9 Å². The topological polar surface area (TPSA) is 119 Å². The van der Waals surface area contributed by atoms with E-state index in [1.54, 1.807) is 24.5 Å². The first-order valence-corrected chi connectivity index (χ1v) is 7.85. The highest BCUT2D eigenvalue weighted by atomic mass is 32.2. The minimum absolute atomic E-state index is 0.0521. The third-order valence-corrected chi connectivity index (χ3v) is 2.95. The fraction of sp³-hybridized carbons (Fsp3) is 0.273. The van der Waals surface area contributed by atoms with E-state index in [1.807, 2.05) is 0 Å². The smallest absolute Gasteiger partial charge is 0.242 e. The summed E-state index contributed by atoms with van der Waals surface area (Å²) in [4.78, 5) is 15.6. The molecule has 0 aliphatic rings. The summed E-state index contributed by atoms with van der Waals surface area (Å²) in [5.41, 5.74) is 0.927. The zero-order chi connectivity index (χ0) is 15.3. The van der Waals surface area contributed by atoms with Crippen molar-refractivity contribution in [3.63, 3.8) is 0 Å². The molecule has 112 valence electrons. The molecule has 1 amide bonds. The van der Waals surface area contributed by atoms with E-state index in [1.165, 1.54) is 10.9 Å². The van der Waals surface area contributed by atoms with Gasteiger partial charge < -0.3 is 5.32 Å². The lowest BCUT2D eigenvalue weighted by atomic mass is 10.3. The van der Waals surface area contributed by atoms with E-state index in [-0.39, 0.29) is 18.3 Å². The summed E-state index contributed by atoms with van der Waals surface area (Å²) in [6, 6.07) is 3.59. The lowest BCUT2D eigenvalue weighted by molar-refractivity contribution is -0.122. The van der Waals surface area contributed by atoms with Gasteiger partial charge in [0.25, 0.3) is 0 Å². The molecule has 2 aromatic heterocycles. The van der Waals surface area contributed by atoms with Crippen molar-refractivity contribution >= 4 is 21.7 Å². The fourth-order valence-electron chi connectivity index (χ4n) is 1.52. The number of aromatic nitrogens is 4. The van der Waals surface area contributed by atoms with Gasteiger partial charge in [0.1, 0.15) is 6.54 Å². The van der Waals surface area contributed by atoms with Crippen LogP contribution >= 0.6 is 0 Å². The molecule has 0 aliphatic carbocycles. The molecule has 0 aliphatic heterocycles. The van der Waals surface area contributed by atoms with Gasteiger partial charge in [-0.3, -0.25) is 14.5 Å². The Hall–Kier alpha value is -2.49. The predicted octanol–water partition coefficient (Wildman–Crippen LogP) is -0.639. The Balaban J connectivity index is 1.85. The number of rotatable bonds is 6. The molecule has 0 radical (unpaired) electrons. The summed E-state index contributed by atoms with van der Waals surface area (Å²) in [5.74, 6) is -0.193. The molecule has 2 rings (SSSR count). The SMILES string of the molecule is CS(=O)(=O)Nc1cn(CC(=O)NCc2ccncc2)nn1. The van der Waals surface area contributed by atoms with Crippen LogP contribution in [0.3, 0.4) is 0 Å². The number of sulfonamides is 1. The number of nitrogens with zero attached hydrogens (tertiary/aromatic N) is 4. The van der Waals surface area contributed by atoms with Crippen molar-refractivity contribution in [2.24, 2.45) is 0 Å². The quantitative estimate of drug-likeness (QED) is 0.732. The highest BCUT2D eigenvalue weighted by Crippen LogP contribution is 2.02. The van der Waals surface area contributed by atoms with Crippen molar-refractivity contribution in [3.05, 3.63) is 36.3 Å². The van der Waals surface area contributed by atoms with Gasteiger partial charge >= 0.3 is 0 Å². The van der Waals surface area contributed by atoms with Crippen LogP contribution in [0.2, 0.25) is 0 Å². The first-order valence-electron chi connectivity index (χ1n) is 5.96. The number of carbonyl (C=O) groups is 1. The maximum atomic E-state index is 11.7. The van der Waals surface area contributed by atoms with Crippen LogP contribution in [0.15, 0.2) is 30.7 Å². The van der Waals surface area contributed by atoms with E-state index < -0.39 is 10.0 Å². The molecule has 0 saturated heterocycles. The van der Waals surface area contributed by atoms with Gasteiger partial charge in [0.2, 0.25) is 15.9 Å². The van der Waals surface area contributed by atoms with Crippen LogP contribution in [0.25, 0.3) is 0 Å². The standard InChI is InChI=1S/C11H14N6O3S/c1-21(19,20)15-10-7-17(16-14-10)8-11(18)13-6-9-2-4-12-5-3-9/h2-5,7,15H,6,8H2,1H3,(H,13,18). The molecule has 0 fully saturated rings. The molecular formula is C11H14N6O3S. The van der Waals surface area contributed by atoms with Gasteiger partial charge in [-0.05, 0) is 17.7 Å². The van der Waals surface area contributed by atoms with E-state index >= 15 is 0 Å². The highest BCUT2D eigenvalue weighted by molar-refractivity contribution is 7.92. The monoisotopic (exact) mass is 310 g/mol. The molecular weight excluding hydrogens is 296 g/mol. The maximum Gasteiger partial charge on any atom is 0.242 e. The van der Waals surface area contributed by atoms with E-state index in [0.29, 0.717) is 6.54 Å². The lowest BCUT2D eigenvalue weighted by Gasteiger charge is -2.04. The van der Waals surface area contributed by atoms with Crippen LogP contribution in [0.1, 0.15) is 5.56 Å². The third-order valence-electron chi connectivity index (χ3n) is 2.37. The molecule has 0 aromatic carbocycles. The van der Waals surface area contributed by atoms with Gasteiger partial charge in [-0.25, -0.2) is 13.1 Å². The Labute approximate surface area is 121 Å². The van der Waals surface area contributed by atoms with Crippen molar-refractivity contribution in [1.82, 2.24) is 25.3 Å².